The van der Waals surface area contributed by atoms with Gasteiger partial charge in [0.1, 0.15) is 12.9 Å². The Bertz CT molecular complexity index is 730. The molecule has 23 heavy (non-hydrogen) atoms. The van der Waals surface area contributed by atoms with E-state index in [4.69, 9.17) is 9.02 Å². The first-order valence-corrected chi connectivity index (χ1v) is 8.83. The highest BCUT2D eigenvalue weighted by Crippen LogP contribution is 2.34. The van der Waals surface area contributed by atoms with Crippen molar-refractivity contribution >= 4 is 50.5 Å². The molecule has 1 heterocycles. The van der Waals surface area contributed by atoms with E-state index in [9.17, 15) is 4.79 Å². The number of benzene rings is 1. The number of nitrogens with zero attached hydrogens (tertiary/aromatic N) is 2. The minimum Gasteiger partial charge on any atom is -0.426 e. The van der Waals surface area contributed by atoms with E-state index in [2.05, 4.69) is 20.8 Å². The molecule has 0 aliphatic carbocycles. The van der Waals surface area contributed by atoms with E-state index in [1.54, 1.807) is 0 Å². The number of thiazole rings is 1. The number of hydrogen-bond acceptors (Lipinski definition) is 7. The van der Waals surface area contributed by atoms with Crippen LogP contribution in [0.3, 0.4) is 0 Å². The van der Waals surface area contributed by atoms with E-state index in [1.165, 1.54) is 30.5 Å². The first-order valence-electron chi connectivity index (χ1n) is 6.87. The predicted molar refractivity (Wildman–Crippen MR) is 95.7 cm³/mol. The molecular formula is C14H18N4O3S2. The Labute approximate surface area is 142 Å². The van der Waals surface area contributed by atoms with Crippen molar-refractivity contribution in [1.82, 2.24) is 10.3 Å². The van der Waals surface area contributed by atoms with Crippen LogP contribution in [-0.4, -0.2) is 36.6 Å². The summed E-state index contributed by atoms with van der Waals surface area (Å²) in [6, 6.07) is 3.43. The minimum atomic E-state index is -0.282. The second-order valence-electron chi connectivity index (χ2n) is 4.43. The third-order valence-electron chi connectivity index (χ3n) is 2.82. The molecule has 0 radical (unpaired) electrons. The summed E-state index contributed by atoms with van der Waals surface area (Å²) in [7, 11) is 1.50. The van der Waals surface area contributed by atoms with Crippen LogP contribution in [0.5, 0.6) is 5.75 Å². The third-order valence-corrected chi connectivity index (χ3v) is 4.20. The van der Waals surface area contributed by atoms with Gasteiger partial charge in [-0.15, -0.1) is 0 Å². The fourth-order valence-corrected chi connectivity index (χ4v) is 3.26. The van der Waals surface area contributed by atoms with Gasteiger partial charge in [0.25, 0.3) is 0 Å². The summed E-state index contributed by atoms with van der Waals surface area (Å²) >= 11 is 2.62. The van der Waals surface area contributed by atoms with Gasteiger partial charge >= 0.3 is 6.03 Å². The van der Waals surface area contributed by atoms with Gasteiger partial charge in [-0.05, 0) is 19.9 Å². The SMILES string of the molecule is CCNC(=O)Nc1nc2cc(OSC)cc(/C(C)=N/OC)c2s1. The number of nitrogens with one attached hydrogen (secondary N) is 2. The first kappa shape index (κ1) is 17.4. The van der Waals surface area contributed by atoms with Crippen molar-refractivity contribution in [2.45, 2.75) is 13.8 Å². The van der Waals surface area contributed by atoms with Crippen LogP contribution in [0.2, 0.25) is 0 Å². The Morgan fingerprint density at radius 2 is 2.26 bits per heavy atom. The maximum Gasteiger partial charge on any atom is 0.321 e. The fraction of sp³-hybridized carbons (Fsp3) is 0.357. The van der Waals surface area contributed by atoms with Gasteiger partial charge in [-0.1, -0.05) is 16.5 Å². The molecule has 7 nitrogen and oxygen atoms in total. The Morgan fingerprint density at radius 1 is 1.48 bits per heavy atom. The zero-order valence-electron chi connectivity index (χ0n) is 13.3. The van der Waals surface area contributed by atoms with E-state index < -0.39 is 0 Å². The number of oxime groups is 1. The first-order chi connectivity index (χ1) is 11.1. The van der Waals surface area contributed by atoms with Crippen molar-refractivity contribution in [2.75, 3.05) is 25.2 Å². The molecule has 2 aromatic rings. The third kappa shape index (κ3) is 4.26. The number of rotatable bonds is 6. The van der Waals surface area contributed by atoms with Gasteiger partial charge in [0.2, 0.25) is 0 Å². The molecular weight excluding hydrogens is 336 g/mol. The molecule has 0 spiro atoms. The molecule has 0 saturated heterocycles. The molecule has 0 aliphatic rings. The number of amides is 2. The molecule has 2 N–H and O–H groups in total. The van der Waals surface area contributed by atoms with Crippen LogP contribution in [0, 0.1) is 0 Å². The van der Waals surface area contributed by atoms with Crippen molar-refractivity contribution in [3.8, 4) is 5.75 Å². The summed E-state index contributed by atoms with van der Waals surface area (Å²) in [6.07, 6.45) is 1.84. The maximum atomic E-state index is 11.7. The number of aromatic nitrogens is 1. The van der Waals surface area contributed by atoms with Crippen molar-refractivity contribution in [1.29, 1.82) is 0 Å². The standard InChI is InChI=1S/C14H18N4O3S2/c1-5-15-13(19)17-14-16-11-7-9(21-22-4)6-10(12(11)23-14)8(2)18-20-3/h6-7H,5H2,1-4H3,(H2,15,16,17,19)/b18-8+. The normalized spacial score (nSPS) is 11.4. The van der Waals surface area contributed by atoms with Crippen molar-refractivity contribution < 1.29 is 13.8 Å². The van der Waals surface area contributed by atoms with Gasteiger partial charge in [0, 0.05) is 24.4 Å². The van der Waals surface area contributed by atoms with Gasteiger partial charge in [0.05, 0.1) is 28.0 Å². The van der Waals surface area contributed by atoms with E-state index in [-0.39, 0.29) is 6.03 Å². The molecule has 0 bridgehead atoms. The second kappa shape index (κ2) is 8.02. The lowest BCUT2D eigenvalue weighted by Crippen LogP contribution is -2.28. The Morgan fingerprint density at radius 3 is 2.91 bits per heavy atom. The van der Waals surface area contributed by atoms with Crippen molar-refractivity contribution in [3.63, 3.8) is 0 Å². The van der Waals surface area contributed by atoms with Crippen molar-refractivity contribution in [2.24, 2.45) is 5.16 Å². The molecule has 124 valence electrons. The fourth-order valence-electron chi connectivity index (χ4n) is 1.96. The lowest BCUT2D eigenvalue weighted by atomic mass is 10.1. The van der Waals surface area contributed by atoms with E-state index in [0.717, 1.165) is 15.8 Å². The molecule has 0 fully saturated rings. The number of carbonyl (C=O) groups excluding carboxylic acids is 1. The average Bonchev–Trinajstić information content (AvgIpc) is 2.89. The molecule has 1 aromatic heterocycles. The number of urea groups is 1. The quantitative estimate of drug-likeness (QED) is 0.471. The highest BCUT2D eigenvalue weighted by molar-refractivity contribution is 7.94. The van der Waals surface area contributed by atoms with Gasteiger partial charge in [-0.3, -0.25) is 5.32 Å². The number of carbonyl (C=O) groups is 1. The van der Waals surface area contributed by atoms with E-state index >= 15 is 0 Å². The predicted octanol–water partition coefficient (Wildman–Crippen LogP) is 3.46. The summed E-state index contributed by atoms with van der Waals surface area (Å²) in [5, 5.41) is 9.89. The molecule has 0 aliphatic heterocycles. The monoisotopic (exact) mass is 354 g/mol. The highest BCUT2D eigenvalue weighted by atomic mass is 32.2. The van der Waals surface area contributed by atoms with Crippen LogP contribution >= 0.6 is 23.4 Å². The lowest BCUT2D eigenvalue weighted by molar-refractivity contribution is 0.213. The Balaban J connectivity index is 2.47. The molecule has 0 atom stereocenters. The van der Waals surface area contributed by atoms with Gasteiger partial charge < -0.3 is 14.3 Å². The Kier molecular flexibility index (Phi) is 6.05. The van der Waals surface area contributed by atoms with Crippen molar-refractivity contribution in [3.05, 3.63) is 17.7 Å². The number of anilines is 1. The largest absolute Gasteiger partial charge is 0.426 e. The molecule has 2 rings (SSSR count). The second-order valence-corrected chi connectivity index (χ2v) is 5.93. The van der Waals surface area contributed by atoms with Gasteiger partial charge in [-0.2, -0.15) is 0 Å². The molecule has 9 heteroatoms. The van der Waals surface area contributed by atoms with Crippen LogP contribution in [0.15, 0.2) is 17.3 Å². The molecule has 0 unspecified atom stereocenters. The average molecular weight is 354 g/mol. The van der Waals surface area contributed by atoms with Crippen LogP contribution in [-0.2, 0) is 4.84 Å². The van der Waals surface area contributed by atoms with Crippen LogP contribution in [0.25, 0.3) is 10.2 Å². The van der Waals surface area contributed by atoms with Crippen LogP contribution in [0.4, 0.5) is 9.93 Å². The summed E-state index contributed by atoms with van der Waals surface area (Å²) in [6.45, 7) is 4.25. The highest BCUT2D eigenvalue weighted by Gasteiger charge is 2.15. The topological polar surface area (TPSA) is 84.8 Å². The zero-order valence-corrected chi connectivity index (χ0v) is 14.9. The maximum absolute atomic E-state index is 11.7. The lowest BCUT2D eigenvalue weighted by Gasteiger charge is -2.05. The summed E-state index contributed by atoms with van der Waals surface area (Å²) in [4.78, 5) is 21.0. The summed E-state index contributed by atoms with van der Waals surface area (Å²) in [5.74, 6) is 0.667. The number of hydrogen-bond donors (Lipinski definition) is 2. The summed E-state index contributed by atoms with van der Waals surface area (Å²) < 4.78 is 6.40. The number of fused-ring (bicyclic) bond motifs is 1. The Hall–Kier alpha value is -2.00. The smallest absolute Gasteiger partial charge is 0.321 e. The summed E-state index contributed by atoms with van der Waals surface area (Å²) in [5.41, 5.74) is 2.29. The molecule has 1 aromatic carbocycles. The van der Waals surface area contributed by atoms with Crippen LogP contribution in [0.1, 0.15) is 19.4 Å². The zero-order chi connectivity index (χ0) is 16.8. The minimum absolute atomic E-state index is 0.282. The van der Waals surface area contributed by atoms with Gasteiger partial charge in [-0.25, -0.2) is 9.78 Å². The van der Waals surface area contributed by atoms with Crippen LogP contribution < -0.4 is 14.8 Å². The molecule has 0 saturated carbocycles. The van der Waals surface area contributed by atoms with E-state index in [1.807, 2.05) is 32.2 Å². The van der Waals surface area contributed by atoms with E-state index in [0.29, 0.717) is 23.1 Å². The molecule has 2 amide bonds. The van der Waals surface area contributed by atoms with Gasteiger partial charge in [0.15, 0.2) is 5.13 Å².